The Morgan fingerprint density at radius 2 is 1.79 bits per heavy atom. The van der Waals surface area contributed by atoms with Gasteiger partial charge in [0, 0.05) is 18.3 Å². The van der Waals surface area contributed by atoms with Gasteiger partial charge < -0.3 is 14.5 Å². The second kappa shape index (κ2) is 7.60. The number of hydrogen-bond acceptors (Lipinski definition) is 4. The number of esters is 1. The van der Waals surface area contributed by atoms with Crippen LogP contribution in [0.3, 0.4) is 0 Å². The molecule has 0 amide bonds. The van der Waals surface area contributed by atoms with Crippen LogP contribution in [0.15, 0.2) is 24.3 Å². The molecule has 0 saturated heterocycles. The smallest absolute Gasteiger partial charge is 0.313 e. The van der Waals surface area contributed by atoms with E-state index in [2.05, 4.69) is 39.2 Å². The molecule has 4 nitrogen and oxygen atoms in total. The molecule has 1 aromatic rings. The molecule has 24 heavy (non-hydrogen) atoms. The van der Waals surface area contributed by atoms with Gasteiger partial charge >= 0.3 is 5.97 Å². The van der Waals surface area contributed by atoms with Crippen LogP contribution in [0.4, 0.5) is 5.69 Å². The van der Waals surface area contributed by atoms with Crippen LogP contribution >= 0.6 is 0 Å². The van der Waals surface area contributed by atoms with E-state index in [-0.39, 0.29) is 11.0 Å². The van der Waals surface area contributed by atoms with Crippen molar-refractivity contribution in [1.82, 2.24) is 0 Å². The first kappa shape index (κ1) is 20.6. The molecule has 1 N–H and O–H groups in total. The predicted octanol–water partition coefficient (Wildman–Crippen LogP) is 5.07. The largest absolute Gasteiger partial charge is 0.543 e. The Balaban J connectivity index is 2.78. The highest BCUT2D eigenvalue weighted by Crippen LogP contribution is 2.37. The van der Waals surface area contributed by atoms with Crippen molar-refractivity contribution in [3.63, 3.8) is 0 Å². The molecule has 0 aliphatic rings. The molecule has 0 bridgehead atoms. The normalized spacial score (nSPS) is 12.7. The van der Waals surface area contributed by atoms with Gasteiger partial charge in [0.2, 0.25) is 8.32 Å². The van der Waals surface area contributed by atoms with Crippen molar-refractivity contribution in [3.8, 4) is 5.75 Å². The lowest BCUT2D eigenvalue weighted by Gasteiger charge is -2.36. The highest BCUT2D eigenvalue weighted by Gasteiger charge is 2.39. The van der Waals surface area contributed by atoms with Gasteiger partial charge in [-0.2, -0.15) is 0 Å². The SMILES string of the molecule is CCOC(=O)C(C)(C)CNc1cccc(O[Si](C)(C)C(C)(C)C)c1. The van der Waals surface area contributed by atoms with Crippen LogP contribution in [0.1, 0.15) is 41.5 Å². The lowest BCUT2D eigenvalue weighted by Crippen LogP contribution is -2.43. The van der Waals surface area contributed by atoms with Crippen molar-refractivity contribution in [3.05, 3.63) is 24.3 Å². The van der Waals surface area contributed by atoms with Gasteiger partial charge in [0.25, 0.3) is 0 Å². The van der Waals surface area contributed by atoms with Gasteiger partial charge in [-0.05, 0) is 51.0 Å². The fourth-order valence-electron chi connectivity index (χ4n) is 1.84. The van der Waals surface area contributed by atoms with Crippen molar-refractivity contribution in [2.75, 3.05) is 18.5 Å². The first-order chi connectivity index (χ1) is 10.9. The van der Waals surface area contributed by atoms with Gasteiger partial charge in [0.1, 0.15) is 5.75 Å². The molecule has 0 atom stereocenters. The summed E-state index contributed by atoms with van der Waals surface area (Å²) in [6.45, 7) is 17.6. The van der Waals surface area contributed by atoms with Crippen LogP contribution in [0, 0.1) is 5.41 Å². The number of carbonyl (C=O) groups is 1. The number of nitrogens with one attached hydrogen (secondary N) is 1. The maximum absolute atomic E-state index is 12.0. The Kier molecular flexibility index (Phi) is 6.50. The fraction of sp³-hybridized carbons (Fsp3) is 0.632. The summed E-state index contributed by atoms with van der Waals surface area (Å²) >= 11 is 0. The van der Waals surface area contributed by atoms with Crippen molar-refractivity contribution in [2.24, 2.45) is 5.41 Å². The molecule has 0 heterocycles. The standard InChI is InChI=1S/C19H33NO3Si/c1-9-22-17(21)19(5,6)14-20-15-11-10-12-16(13-15)23-24(7,8)18(2,3)4/h10-13,20H,9,14H2,1-8H3. The Morgan fingerprint density at radius 3 is 2.33 bits per heavy atom. The molecule has 0 aliphatic carbocycles. The number of hydrogen-bond donors (Lipinski definition) is 1. The third kappa shape index (κ3) is 5.55. The van der Waals surface area contributed by atoms with Gasteiger partial charge in [-0.15, -0.1) is 0 Å². The zero-order valence-corrected chi connectivity index (χ0v) is 17.4. The van der Waals surface area contributed by atoms with E-state index in [1.165, 1.54) is 0 Å². The van der Waals surface area contributed by atoms with Crippen LogP contribution in [-0.2, 0) is 9.53 Å². The molecule has 136 valence electrons. The minimum atomic E-state index is -1.86. The van der Waals surface area contributed by atoms with Gasteiger partial charge in [-0.3, -0.25) is 4.79 Å². The summed E-state index contributed by atoms with van der Waals surface area (Å²) in [6, 6.07) is 7.95. The molecule has 0 aromatic heterocycles. The number of benzene rings is 1. The topological polar surface area (TPSA) is 47.6 Å². The first-order valence-corrected chi connectivity index (χ1v) is 11.5. The number of ether oxygens (including phenoxy) is 1. The number of anilines is 1. The highest BCUT2D eigenvalue weighted by atomic mass is 28.4. The molecule has 0 aliphatic heterocycles. The van der Waals surface area contributed by atoms with Crippen LogP contribution in [0.2, 0.25) is 18.1 Å². The summed E-state index contributed by atoms with van der Waals surface area (Å²) in [4.78, 5) is 12.0. The molecule has 0 radical (unpaired) electrons. The van der Waals surface area contributed by atoms with E-state index < -0.39 is 13.7 Å². The quantitative estimate of drug-likeness (QED) is 0.550. The summed E-state index contributed by atoms with van der Waals surface area (Å²) in [6.07, 6.45) is 0. The van der Waals surface area contributed by atoms with Crippen molar-refractivity contribution < 1.29 is 14.0 Å². The molecular weight excluding hydrogens is 318 g/mol. The zero-order valence-electron chi connectivity index (χ0n) is 16.4. The minimum Gasteiger partial charge on any atom is -0.543 e. The summed E-state index contributed by atoms with van der Waals surface area (Å²) in [5, 5.41) is 3.48. The van der Waals surface area contributed by atoms with E-state index in [9.17, 15) is 4.79 Å². The molecule has 5 heteroatoms. The Morgan fingerprint density at radius 1 is 1.17 bits per heavy atom. The molecule has 0 fully saturated rings. The summed E-state index contributed by atoms with van der Waals surface area (Å²) < 4.78 is 11.5. The van der Waals surface area contributed by atoms with Crippen molar-refractivity contribution in [2.45, 2.75) is 59.7 Å². The molecule has 0 unspecified atom stereocenters. The van der Waals surface area contributed by atoms with Crippen molar-refractivity contribution in [1.29, 1.82) is 0 Å². The average molecular weight is 352 g/mol. The molecule has 1 aromatic carbocycles. The predicted molar refractivity (Wildman–Crippen MR) is 103 cm³/mol. The van der Waals surface area contributed by atoms with Gasteiger partial charge in [-0.25, -0.2) is 0 Å². The lowest BCUT2D eigenvalue weighted by molar-refractivity contribution is -0.152. The fourth-order valence-corrected chi connectivity index (χ4v) is 2.86. The van der Waals surface area contributed by atoms with Crippen LogP contribution in [0.25, 0.3) is 0 Å². The Labute approximate surface area is 148 Å². The van der Waals surface area contributed by atoms with Gasteiger partial charge in [0.05, 0.1) is 12.0 Å². The number of rotatable bonds is 7. The summed E-state index contributed by atoms with van der Waals surface area (Å²) in [7, 11) is -1.86. The van der Waals surface area contributed by atoms with E-state index in [1.54, 1.807) is 0 Å². The molecule has 1 rings (SSSR count). The second-order valence-corrected chi connectivity index (χ2v) is 13.1. The Hall–Kier alpha value is -1.49. The van der Waals surface area contributed by atoms with E-state index in [0.29, 0.717) is 13.2 Å². The van der Waals surface area contributed by atoms with E-state index in [4.69, 9.17) is 9.16 Å². The van der Waals surface area contributed by atoms with E-state index in [0.717, 1.165) is 11.4 Å². The van der Waals surface area contributed by atoms with Crippen LogP contribution < -0.4 is 9.74 Å². The number of carbonyl (C=O) groups excluding carboxylic acids is 1. The van der Waals surface area contributed by atoms with Gasteiger partial charge in [-0.1, -0.05) is 26.8 Å². The third-order valence-corrected chi connectivity index (χ3v) is 8.93. The first-order valence-electron chi connectivity index (χ1n) is 8.59. The maximum atomic E-state index is 12.0. The van der Waals surface area contributed by atoms with Crippen LogP contribution in [0.5, 0.6) is 5.75 Å². The average Bonchev–Trinajstić information content (AvgIpc) is 2.44. The third-order valence-electron chi connectivity index (χ3n) is 4.58. The van der Waals surface area contributed by atoms with E-state index in [1.807, 2.05) is 45.0 Å². The molecular formula is C19H33NO3Si. The second-order valence-electron chi connectivity index (χ2n) is 8.35. The van der Waals surface area contributed by atoms with Crippen molar-refractivity contribution >= 4 is 20.0 Å². The highest BCUT2D eigenvalue weighted by molar-refractivity contribution is 6.74. The summed E-state index contributed by atoms with van der Waals surface area (Å²) in [5.41, 5.74) is 0.371. The minimum absolute atomic E-state index is 0.155. The molecule has 0 saturated carbocycles. The van der Waals surface area contributed by atoms with Crippen LogP contribution in [-0.4, -0.2) is 27.4 Å². The lowest BCUT2D eigenvalue weighted by atomic mass is 9.93. The zero-order chi connectivity index (χ0) is 18.6. The Bertz CT molecular complexity index is 562. The summed E-state index contributed by atoms with van der Waals surface area (Å²) in [5.74, 6) is 0.687. The van der Waals surface area contributed by atoms with Gasteiger partial charge in [0.15, 0.2) is 0 Å². The maximum Gasteiger partial charge on any atom is 0.313 e. The molecule has 0 spiro atoms. The monoisotopic (exact) mass is 351 g/mol. The van der Waals surface area contributed by atoms with E-state index >= 15 is 0 Å².